The highest BCUT2D eigenvalue weighted by Crippen LogP contribution is 2.20. The lowest BCUT2D eigenvalue weighted by atomic mass is 10.1. The summed E-state index contributed by atoms with van der Waals surface area (Å²) in [4.78, 5) is 2.82. The van der Waals surface area contributed by atoms with E-state index in [-0.39, 0.29) is 0 Å². The van der Waals surface area contributed by atoms with E-state index in [2.05, 4.69) is 44.3 Å². The Labute approximate surface area is 90.9 Å². The topological polar surface area (TPSA) is 12.0 Å². The van der Waals surface area contributed by atoms with Crippen LogP contribution in [0.5, 0.6) is 0 Å². The second-order valence-corrected chi connectivity index (χ2v) is 4.76. The lowest BCUT2D eigenvalue weighted by molar-refractivity contribution is 0.696. The number of hydrogen-bond acceptors (Lipinski definition) is 2. The van der Waals surface area contributed by atoms with Crippen LogP contribution in [-0.2, 0) is 6.42 Å². The van der Waals surface area contributed by atoms with E-state index in [1.165, 1.54) is 15.3 Å². The molecule has 0 saturated carbocycles. The second-order valence-electron chi connectivity index (χ2n) is 3.56. The molecule has 0 bridgehead atoms. The van der Waals surface area contributed by atoms with E-state index in [1.54, 1.807) is 0 Å². The minimum Gasteiger partial charge on any atom is -0.314 e. The van der Waals surface area contributed by atoms with Crippen LogP contribution in [0.3, 0.4) is 0 Å². The van der Waals surface area contributed by atoms with E-state index < -0.39 is 0 Å². The summed E-state index contributed by atoms with van der Waals surface area (Å²) in [5.74, 6) is 0. The molecule has 1 rings (SSSR count). The number of aryl methyl sites for hydroxylation is 1. The Bertz CT molecular complexity index is 312. The summed E-state index contributed by atoms with van der Waals surface area (Å²) in [5, 5.41) is 3.24. The van der Waals surface area contributed by atoms with Gasteiger partial charge in [-0.05, 0) is 45.5 Å². The molecule has 1 aromatic heterocycles. The van der Waals surface area contributed by atoms with Crippen molar-refractivity contribution in [2.75, 3.05) is 7.05 Å². The third-order valence-corrected chi connectivity index (χ3v) is 3.69. The van der Waals surface area contributed by atoms with E-state index in [9.17, 15) is 0 Å². The van der Waals surface area contributed by atoms with Crippen molar-refractivity contribution in [2.24, 2.45) is 0 Å². The van der Waals surface area contributed by atoms with Crippen molar-refractivity contribution in [3.63, 3.8) is 0 Å². The van der Waals surface area contributed by atoms with Crippen LogP contribution in [0.15, 0.2) is 17.7 Å². The highest BCUT2D eigenvalue weighted by atomic mass is 32.1. The van der Waals surface area contributed by atoms with Gasteiger partial charge in [-0.3, -0.25) is 0 Å². The first-order chi connectivity index (χ1) is 6.67. The quantitative estimate of drug-likeness (QED) is 0.802. The SMILES string of the molecule is CCc1ccc(/C=C(/C)C(C)NC)s1. The van der Waals surface area contributed by atoms with Gasteiger partial charge >= 0.3 is 0 Å². The van der Waals surface area contributed by atoms with Gasteiger partial charge in [-0.15, -0.1) is 11.3 Å². The number of nitrogens with one attached hydrogen (secondary N) is 1. The third-order valence-electron chi connectivity index (χ3n) is 2.52. The molecule has 1 N–H and O–H groups in total. The summed E-state index contributed by atoms with van der Waals surface area (Å²) in [5.41, 5.74) is 1.39. The summed E-state index contributed by atoms with van der Waals surface area (Å²) in [6, 6.07) is 4.88. The Morgan fingerprint density at radius 1 is 1.57 bits per heavy atom. The number of likely N-dealkylation sites (N-methyl/N-ethyl adjacent to an activating group) is 1. The van der Waals surface area contributed by atoms with Gasteiger partial charge < -0.3 is 5.32 Å². The van der Waals surface area contributed by atoms with E-state index in [4.69, 9.17) is 0 Å². The average Bonchev–Trinajstić information content (AvgIpc) is 2.64. The molecule has 0 radical (unpaired) electrons. The van der Waals surface area contributed by atoms with Crippen molar-refractivity contribution in [1.29, 1.82) is 0 Å². The predicted molar refractivity (Wildman–Crippen MR) is 65.9 cm³/mol. The van der Waals surface area contributed by atoms with E-state index in [0.717, 1.165) is 6.42 Å². The zero-order chi connectivity index (χ0) is 10.6. The monoisotopic (exact) mass is 209 g/mol. The van der Waals surface area contributed by atoms with Gasteiger partial charge in [0.25, 0.3) is 0 Å². The molecule has 1 nitrogen and oxygen atoms in total. The Hall–Kier alpha value is -0.600. The van der Waals surface area contributed by atoms with Crippen molar-refractivity contribution in [1.82, 2.24) is 5.32 Å². The smallest absolute Gasteiger partial charge is 0.0273 e. The molecule has 0 amide bonds. The van der Waals surface area contributed by atoms with Gasteiger partial charge in [-0.2, -0.15) is 0 Å². The summed E-state index contributed by atoms with van der Waals surface area (Å²) in [7, 11) is 1.99. The van der Waals surface area contributed by atoms with Gasteiger partial charge in [0.05, 0.1) is 0 Å². The van der Waals surface area contributed by atoms with Crippen molar-refractivity contribution in [2.45, 2.75) is 33.2 Å². The number of thiophene rings is 1. The minimum absolute atomic E-state index is 0.460. The molecular weight excluding hydrogens is 190 g/mol. The number of rotatable bonds is 4. The lowest BCUT2D eigenvalue weighted by Gasteiger charge is -2.09. The number of hydrogen-bond donors (Lipinski definition) is 1. The van der Waals surface area contributed by atoms with E-state index in [1.807, 2.05) is 18.4 Å². The molecule has 0 saturated heterocycles. The van der Waals surface area contributed by atoms with Gasteiger partial charge in [0.1, 0.15) is 0 Å². The van der Waals surface area contributed by atoms with Crippen molar-refractivity contribution >= 4 is 17.4 Å². The first-order valence-corrected chi connectivity index (χ1v) is 5.93. The van der Waals surface area contributed by atoms with Crippen LogP contribution >= 0.6 is 11.3 Å². The van der Waals surface area contributed by atoms with Gasteiger partial charge in [-0.1, -0.05) is 12.5 Å². The third kappa shape index (κ3) is 2.96. The molecule has 1 aromatic rings. The molecule has 1 heterocycles. The summed E-state index contributed by atoms with van der Waals surface area (Å²) in [6.07, 6.45) is 3.41. The molecule has 0 aliphatic rings. The second kappa shape index (κ2) is 5.32. The van der Waals surface area contributed by atoms with Crippen molar-refractivity contribution in [3.05, 3.63) is 27.5 Å². The van der Waals surface area contributed by atoms with Crippen LogP contribution in [0, 0.1) is 0 Å². The molecule has 2 heteroatoms. The van der Waals surface area contributed by atoms with E-state index in [0.29, 0.717) is 6.04 Å². The lowest BCUT2D eigenvalue weighted by Crippen LogP contribution is -2.21. The molecule has 14 heavy (non-hydrogen) atoms. The molecule has 0 aliphatic heterocycles. The van der Waals surface area contributed by atoms with Gasteiger partial charge in [0, 0.05) is 15.8 Å². The summed E-state index contributed by atoms with van der Waals surface area (Å²) >= 11 is 1.88. The molecular formula is C12H19NS. The van der Waals surface area contributed by atoms with Crippen LogP contribution in [0.4, 0.5) is 0 Å². The molecule has 0 aromatic carbocycles. The maximum atomic E-state index is 3.24. The highest BCUT2D eigenvalue weighted by molar-refractivity contribution is 7.12. The molecule has 1 unspecified atom stereocenters. The molecule has 0 aliphatic carbocycles. The first kappa shape index (κ1) is 11.5. The standard InChI is InChI=1S/C12H19NS/c1-5-11-6-7-12(14-11)8-9(2)10(3)13-4/h6-8,10,13H,5H2,1-4H3/b9-8-. The van der Waals surface area contributed by atoms with Crippen LogP contribution < -0.4 is 5.32 Å². The summed E-state index contributed by atoms with van der Waals surface area (Å²) in [6.45, 7) is 6.55. The fourth-order valence-corrected chi connectivity index (χ4v) is 2.20. The van der Waals surface area contributed by atoms with Crippen LogP contribution in [0.2, 0.25) is 0 Å². The fourth-order valence-electron chi connectivity index (χ4n) is 1.24. The highest BCUT2D eigenvalue weighted by Gasteiger charge is 2.01. The molecule has 78 valence electrons. The maximum Gasteiger partial charge on any atom is 0.0273 e. The largest absolute Gasteiger partial charge is 0.314 e. The molecule has 1 atom stereocenters. The van der Waals surface area contributed by atoms with Crippen molar-refractivity contribution < 1.29 is 0 Å². The average molecular weight is 209 g/mol. The Balaban J connectivity index is 2.75. The predicted octanol–water partition coefficient (Wildman–Crippen LogP) is 3.32. The van der Waals surface area contributed by atoms with Crippen LogP contribution in [0.1, 0.15) is 30.5 Å². The van der Waals surface area contributed by atoms with Crippen LogP contribution in [0.25, 0.3) is 6.08 Å². The Morgan fingerprint density at radius 3 is 2.79 bits per heavy atom. The fraction of sp³-hybridized carbons (Fsp3) is 0.500. The molecule has 0 spiro atoms. The maximum absolute atomic E-state index is 3.24. The Morgan fingerprint density at radius 2 is 2.29 bits per heavy atom. The van der Waals surface area contributed by atoms with Crippen LogP contribution in [-0.4, -0.2) is 13.1 Å². The summed E-state index contributed by atoms with van der Waals surface area (Å²) < 4.78 is 0. The minimum atomic E-state index is 0.460. The first-order valence-electron chi connectivity index (χ1n) is 5.11. The zero-order valence-corrected chi connectivity index (χ0v) is 10.2. The van der Waals surface area contributed by atoms with Gasteiger partial charge in [-0.25, -0.2) is 0 Å². The van der Waals surface area contributed by atoms with Crippen molar-refractivity contribution in [3.8, 4) is 0 Å². The van der Waals surface area contributed by atoms with E-state index >= 15 is 0 Å². The Kier molecular flexibility index (Phi) is 4.36. The van der Waals surface area contributed by atoms with Gasteiger partial charge in [0.15, 0.2) is 0 Å². The normalized spacial score (nSPS) is 14.4. The molecule has 0 fully saturated rings. The zero-order valence-electron chi connectivity index (χ0n) is 9.42. The van der Waals surface area contributed by atoms with Gasteiger partial charge in [0.2, 0.25) is 0 Å².